The van der Waals surface area contributed by atoms with E-state index in [1.165, 1.54) is 11.6 Å². The Bertz CT molecular complexity index is 898. The van der Waals surface area contributed by atoms with Crippen LogP contribution < -0.4 is 5.63 Å². The maximum absolute atomic E-state index is 12.5. The summed E-state index contributed by atoms with van der Waals surface area (Å²) in [5.41, 5.74) is 0.342. The minimum atomic E-state index is -1.08. The van der Waals surface area contributed by atoms with E-state index >= 15 is 0 Å². The third-order valence-electron chi connectivity index (χ3n) is 9.06. The van der Waals surface area contributed by atoms with Crippen LogP contribution in [0.1, 0.15) is 69.8 Å². The van der Waals surface area contributed by atoms with Crippen molar-refractivity contribution >= 4 is 6.29 Å². The number of aldehydes is 1. The Morgan fingerprint density at radius 3 is 2.72 bits per heavy atom. The highest BCUT2D eigenvalue weighted by Gasteiger charge is 2.65. The first-order valence-corrected chi connectivity index (χ1v) is 11.0. The SMILES string of the molecule is C[C@]12CC[C@H]3[C@H](CC[C@@]4(O)C[C@@H](O)CC[C@]34C=O)C1=CC[C@H]2c1ccc(=O)oc1. The van der Waals surface area contributed by atoms with Crippen molar-refractivity contribution in [3.63, 3.8) is 0 Å². The maximum atomic E-state index is 12.5. The molecule has 4 aliphatic rings. The molecule has 0 amide bonds. The number of carbonyl (C=O) groups excluding carboxylic acids is 1. The fraction of sp³-hybridized carbons (Fsp3) is 0.667. The number of aliphatic hydroxyl groups excluding tert-OH is 1. The molecule has 5 rings (SSSR count). The number of rotatable bonds is 2. The molecule has 3 saturated carbocycles. The monoisotopic (exact) mass is 398 g/mol. The molecule has 5 heteroatoms. The lowest BCUT2D eigenvalue weighted by Crippen LogP contribution is -2.64. The fourth-order valence-electron chi connectivity index (χ4n) is 7.59. The molecule has 156 valence electrons. The predicted octanol–water partition coefficient (Wildman–Crippen LogP) is 3.34. The van der Waals surface area contributed by atoms with Gasteiger partial charge in [0.05, 0.1) is 23.4 Å². The van der Waals surface area contributed by atoms with Gasteiger partial charge >= 0.3 is 5.63 Å². The molecule has 3 fully saturated rings. The van der Waals surface area contributed by atoms with Crippen LogP contribution in [0.15, 0.2) is 39.3 Å². The molecule has 1 heterocycles. The van der Waals surface area contributed by atoms with Crippen LogP contribution in [-0.2, 0) is 4.79 Å². The van der Waals surface area contributed by atoms with Gasteiger partial charge in [0.2, 0.25) is 0 Å². The summed E-state index contributed by atoms with van der Waals surface area (Å²) in [5.74, 6) is 0.720. The summed E-state index contributed by atoms with van der Waals surface area (Å²) in [6, 6.07) is 3.39. The molecular weight excluding hydrogens is 368 g/mol. The van der Waals surface area contributed by atoms with Gasteiger partial charge in [-0.25, -0.2) is 4.79 Å². The van der Waals surface area contributed by atoms with Crippen molar-refractivity contribution in [2.75, 3.05) is 0 Å². The second-order valence-electron chi connectivity index (χ2n) is 10.1. The minimum absolute atomic E-state index is 0.00516. The van der Waals surface area contributed by atoms with Crippen LogP contribution in [0.25, 0.3) is 0 Å². The van der Waals surface area contributed by atoms with Gasteiger partial charge in [-0.1, -0.05) is 18.6 Å². The Morgan fingerprint density at radius 2 is 2.00 bits per heavy atom. The zero-order valence-corrected chi connectivity index (χ0v) is 17.0. The van der Waals surface area contributed by atoms with E-state index in [1.54, 1.807) is 6.26 Å². The summed E-state index contributed by atoms with van der Waals surface area (Å²) < 4.78 is 5.15. The van der Waals surface area contributed by atoms with Crippen molar-refractivity contribution in [2.24, 2.45) is 22.7 Å². The standard InChI is InChI=1S/C24H30O5/c1-22-9-8-20-17(7-11-24(28)12-16(26)6-10-23(20,24)14-25)19(22)4-3-18(22)15-2-5-21(27)29-13-15/h2,4-5,13-14,16-18,20,26,28H,3,6-12H2,1H3/t16-,17+,18-,20-,22+,23-,24+/m0/s1. The molecule has 0 bridgehead atoms. The highest BCUT2D eigenvalue weighted by molar-refractivity contribution is 5.64. The van der Waals surface area contributed by atoms with Gasteiger partial charge in [0.15, 0.2) is 0 Å². The van der Waals surface area contributed by atoms with Gasteiger partial charge in [-0.3, -0.25) is 0 Å². The van der Waals surface area contributed by atoms with Crippen molar-refractivity contribution < 1.29 is 19.4 Å². The molecule has 0 radical (unpaired) electrons. The van der Waals surface area contributed by atoms with Crippen molar-refractivity contribution in [1.29, 1.82) is 0 Å². The molecule has 0 aromatic carbocycles. The molecule has 5 nitrogen and oxygen atoms in total. The van der Waals surface area contributed by atoms with E-state index < -0.39 is 17.1 Å². The van der Waals surface area contributed by atoms with Gasteiger partial charge in [0.25, 0.3) is 0 Å². The fourth-order valence-corrected chi connectivity index (χ4v) is 7.59. The summed E-state index contributed by atoms with van der Waals surface area (Å²) in [5, 5.41) is 21.6. The molecule has 0 aliphatic heterocycles. The predicted molar refractivity (Wildman–Crippen MR) is 107 cm³/mol. The van der Waals surface area contributed by atoms with Crippen molar-refractivity contribution in [3.8, 4) is 0 Å². The van der Waals surface area contributed by atoms with E-state index in [0.29, 0.717) is 31.6 Å². The quantitative estimate of drug-likeness (QED) is 0.589. The van der Waals surface area contributed by atoms with Gasteiger partial charge in [0, 0.05) is 12.5 Å². The normalized spacial score (nSPS) is 46.2. The Labute approximate surface area is 170 Å². The topological polar surface area (TPSA) is 87.7 Å². The molecule has 1 aromatic rings. The van der Waals surface area contributed by atoms with Crippen LogP contribution in [-0.4, -0.2) is 28.2 Å². The van der Waals surface area contributed by atoms with Crippen molar-refractivity contribution in [1.82, 2.24) is 0 Å². The highest BCUT2D eigenvalue weighted by atomic mass is 16.4. The van der Waals surface area contributed by atoms with E-state index in [0.717, 1.165) is 37.5 Å². The summed E-state index contributed by atoms with van der Waals surface area (Å²) in [6.45, 7) is 2.32. The number of fused-ring (bicyclic) bond motifs is 5. The van der Waals surface area contributed by atoms with Crippen LogP contribution in [0.3, 0.4) is 0 Å². The Hall–Kier alpha value is -1.72. The Kier molecular flexibility index (Phi) is 4.24. The first kappa shape index (κ1) is 19.3. The lowest BCUT2D eigenvalue weighted by atomic mass is 9.44. The lowest BCUT2D eigenvalue weighted by molar-refractivity contribution is -0.200. The average molecular weight is 398 g/mol. The van der Waals surface area contributed by atoms with E-state index in [-0.39, 0.29) is 22.9 Å². The molecule has 0 unspecified atom stereocenters. The molecule has 7 atom stereocenters. The first-order chi connectivity index (χ1) is 13.8. The van der Waals surface area contributed by atoms with E-state index in [2.05, 4.69) is 13.0 Å². The summed E-state index contributed by atoms with van der Waals surface area (Å²) >= 11 is 0. The minimum Gasteiger partial charge on any atom is -0.431 e. The number of hydrogen-bond donors (Lipinski definition) is 2. The number of aliphatic hydroxyl groups is 2. The van der Waals surface area contributed by atoms with Gasteiger partial charge in [0.1, 0.15) is 6.29 Å². The highest BCUT2D eigenvalue weighted by Crippen LogP contribution is 2.67. The first-order valence-electron chi connectivity index (χ1n) is 11.0. The van der Waals surface area contributed by atoms with E-state index in [4.69, 9.17) is 4.42 Å². The lowest BCUT2D eigenvalue weighted by Gasteiger charge is -2.61. The van der Waals surface area contributed by atoms with Crippen LogP contribution in [0, 0.1) is 22.7 Å². The van der Waals surface area contributed by atoms with Crippen molar-refractivity contribution in [2.45, 2.75) is 75.9 Å². The van der Waals surface area contributed by atoms with Gasteiger partial charge in [-0.15, -0.1) is 0 Å². The average Bonchev–Trinajstić information content (AvgIpc) is 3.05. The van der Waals surface area contributed by atoms with Gasteiger partial charge < -0.3 is 19.4 Å². The third kappa shape index (κ3) is 2.53. The second kappa shape index (κ2) is 6.39. The summed E-state index contributed by atoms with van der Waals surface area (Å²) in [4.78, 5) is 23.9. The zero-order chi connectivity index (χ0) is 20.4. The van der Waals surface area contributed by atoms with Crippen LogP contribution >= 0.6 is 0 Å². The number of carbonyl (C=O) groups is 1. The number of allylic oxidation sites excluding steroid dienone is 2. The van der Waals surface area contributed by atoms with Gasteiger partial charge in [-0.05, 0) is 79.7 Å². The van der Waals surface area contributed by atoms with Crippen LogP contribution in [0.4, 0.5) is 0 Å². The smallest absolute Gasteiger partial charge is 0.335 e. The second-order valence-corrected chi connectivity index (χ2v) is 10.1. The Morgan fingerprint density at radius 1 is 1.17 bits per heavy atom. The molecule has 2 N–H and O–H groups in total. The van der Waals surface area contributed by atoms with E-state index in [9.17, 15) is 19.8 Å². The van der Waals surface area contributed by atoms with Crippen LogP contribution in [0.2, 0.25) is 0 Å². The third-order valence-corrected chi connectivity index (χ3v) is 9.06. The Balaban J connectivity index is 1.49. The largest absolute Gasteiger partial charge is 0.431 e. The summed E-state index contributed by atoms with van der Waals surface area (Å²) in [7, 11) is 0. The van der Waals surface area contributed by atoms with Crippen LogP contribution in [0.5, 0.6) is 0 Å². The molecule has 29 heavy (non-hydrogen) atoms. The zero-order valence-electron chi connectivity index (χ0n) is 17.0. The molecular formula is C24H30O5. The molecule has 0 saturated heterocycles. The van der Waals surface area contributed by atoms with Crippen molar-refractivity contribution in [3.05, 3.63) is 46.0 Å². The molecule has 4 aliphatic carbocycles. The maximum Gasteiger partial charge on any atom is 0.335 e. The molecule has 0 spiro atoms. The van der Waals surface area contributed by atoms with Gasteiger partial charge in [-0.2, -0.15) is 0 Å². The molecule has 1 aromatic heterocycles. The van der Waals surface area contributed by atoms with E-state index in [1.807, 2.05) is 6.07 Å². The number of hydrogen-bond acceptors (Lipinski definition) is 5. The summed E-state index contributed by atoms with van der Waals surface area (Å²) in [6.07, 6.45) is 10.2.